The fourth-order valence-corrected chi connectivity index (χ4v) is 5.29. The summed E-state index contributed by atoms with van der Waals surface area (Å²) in [6.07, 6.45) is 0.000942. The molecule has 6 nitrogen and oxygen atoms in total. The van der Waals surface area contributed by atoms with E-state index in [-0.39, 0.29) is 4.90 Å². The Bertz CT molecular complexity index is 1150. The number of para-hydroxylation sites is 1. The molecule has 1 aliphatic rings. The van der Waals surface area contributed by atoms with Crippen molar-refractivity contribution in [1.29, 1.82) is 0 Å². The molecule has 1 unspecified atom stereocenters. The van der Waals surface area contributed by atoms with Crippen LogP contribution >= 0.6 is 0 Å². The van der Waals surface area contributed by atoms with Crippen LogP contribution in [0, 0.1) is 0 Å². The zero-order valence-corrected chi connectivity index (χ0v) is 17.3. The standard InChI is InChI=1S/C23H22N2O4S/c1-29-23(26)19-13-11-18(12-14-19)22-24-20-9-5-6-10-21(20)30(27,28)25(22)16-15-17-7-3-2-4-8-17/h2-14,22,24H,15-16H2,1H3. The molecule has 1 atom stereocenters. The van der Waals surface area contributed by atoms with Crippen LogP contribution < -0.4 is 5.32 Å². The van der Waals surface area contributed by atoms with Crippen molar-refractivity contribution in [3.8, 4) is 0 Å². The maximum atomic E-state index is 13.4. The summed E-state index contributed by atoms with van der Waals surface area (Å²) in [6, 6.07) is 23.5. The number of anilines is 1. The van der Waals surface area contributed by atoms with Crippen LogP contribution in [0.2, 0.25) is 0 Å². The molecule has 3 aromatic carbocycles. The van der Waals surface area contributed by atoms with E-state index in [0.29, 0.717) is 24.2 Å². The highest BCUT2D eigenvalue weighted by atomic mass is 32.2. The number of carbonyl (C=O) groups excluding carboxylic acids is 1. The van der Waals surface area contributed by atoms with Crippen LogP contribution in [-0.4, -0.2) is 32.3 Å². The molecule has 0 fully saturated rings. The summed E-state index contributed by atoms with van der Waals surface area (Å²) in [5, 5.41) is 3.35. The number of nitrogens with zero attached hydrogens (tertiary/aromatic N) is 1. The van der Waals surface area contributed by atoms with E-state index in [1.54, 1.807) is 48.5 Å². The fourth-order valence-electron chi connectivity index (χ4n) is 3.60. The number of sulfonamides is 1. The van der Waals surface area contributed by atoms with Crippen LogP contribution in [0.3, 0.4) is 0 Å². The molecule has 0 saturated carbocycles. The Morgan fingerprint density at radius 2 is 1.63 bits per heavy atom. The lowest BCUT2D eigenvalue weighted by atomic mass is 10.1. The quantitative estimate of drug-likeness (QED) is 0.633. The van der Waals surface area contributed by atoms with Crippen molar-refractivity contribution in [3.05, 3.63) is 95.6 Å². The highest BCUT2D eigenvalue weighted by molar-refractivity contribution is 7.89. The van der Waals surface area contributed by atoms with Crippen LogP contribution in [-0.2, 0) is 21.2 Å². The second-order valence-electron chi connectivity index (χ2n) is 7.01. The Labute approximate surface area is 176 Å². The highest BCUT2D eigenvalue weighted by Crippen LogP contribution is 2.38. The van der Waals surface area contributed by atoms with Crippen LogP contribution in [0.25, 0.3) is 0 Å². The van der Waals surface area contributed by atoms with Gasteiger partial charge < -0.3 is 10.1 Å². The van der Waals surface area contributed by atoms with Crippen LogP contribution in [0.4, 0.5) is 5.69 Å². The largest absolute Gasteiger partial charge is 0.465 e. The van der Waals surface area contributed by atoms with E-state index in [1.807, 2.05) is 30.3 Å². The van der Waals surface area contributed by atoms with Gasteiger partial charge >= 0.3 is 5.97 Å². The first-order valence-electron chi connectivity index (χ1n) is 9.60. The van der Waals surface area contributed by atoms with Crippen molar-refractivity contribution in [2.24, 2.45) is 0 Å². The number of carbonyl (C=O) groups is 1. The van der Waals surface area contributed by atoms with Crippen molar-refractivity contribution in [3.63, 3.8) is 0 Å². The number of nitrogens with one attached hydrogen (secondary N) is 1. The third-order valence-corrected chi connectivity index (χ3v) is 7.09. The van der Waals surface area contributed by atoms with E-state index >= 15 is 0 Å². The van der Waals surface area contributed by atoms with Crippen molar-refractivity contribution in [2.75, 3.05) is 19.0 Å². The zero-order valence-electron chi connectivity index (χ0n) is 16.5. The van der Waals surface area contributed by atoms with Crippen LogP contribution in [0.15, 0.2) is 83.8 Å². The van der Waals surface area contributed by atoms with Gasteiger partial charge in [-0.3, -0.25) is 0 Å². The van der Waals surface area contributed by atoms with Gasteiger partial charge in [-0.2, -0.15) is 4.31 Å². The third-order valence-electron chi connectivity index (χ3n) is 5.17. The topological polar surface area (TPSA) is 75.7 Å². The van der Waals surface area contributed by atoms with Crippen molar-refractivity contribution in [2.45, 2.75) is 17.5 Å². The van der Waals surface area contributed by atoms with E-state index in [9.17, 15) is 13.2 Å². The molecule has 1 aliphatic heterocycles. The Hall–Kier alpha value is -3.16. The molecule has 0 radical (unpaired) electrons. The molecular weight excluding hydrogens is 400 g/mol. The van der Waals surface area contributed by atoms with Gasteiger partial charge in [0, 0.05) is 6.54 Å². The molecule has 0 aliphatic carbocycles. The molecule has 0 amide bonds. The van der Waals surface area contributed by atoms with Gasteiger partial charge in [0.1, 0.15) is 11.1 Å². The summed E-state index contributed by atoms with van der Waals surface area (Å²) in [4.78, 5) is 12.0. The second-order valence-corrected chi connectivity index (χ2v) is 8.87. The summed E-state index contributed by atoms with van der Waals surface area (Å²) in [5.41, 5.74) is 2.78. The minimum Gasteiger partial charge on any atom is -0.465 e. The number of hydrogen-bond donors (Lipinski definition) is 1. The Balaban J connectivity index is 1.71. The third kappa shape index (κ3) is 3.81. The lowest BCUT2D eigenvalue weighted by Crippen LogP contribution is -2.43. The smallest absolute Gasteiger partial charge is 0.337 e. The first-order valence-corrected chi connectivity index (χ1v) is 11.0. The molecule has 0 spiro atoms. The average Bonchev–Trinajstić information content (AvgIpc) is 2.78. The molecule has 154 valence electrons. The van der Waals surface area contributed by atoms with Gasteiger partial charge in [0.05, 0.1) is 18.4 Å². The Morgan fingerprint density at radius 1 is 0.967 bits per heavy atom. The SMILES string of the molecule is COC(=O)c1ccc(C2Nc3ccccc3S(=O)(=O)N2CCc2ccccc2)cc1. The minimum absolute atomic E-state index is 0.264. The lowest BCUT2D eigenvalue weighted by Gasteiger charge is -2.37. The Morgan fingerprint density at radius 3 is 2.33 bits per heavy atom. The maximum absolute atomic E-state index is 13.4. The number of benzene rings is 3. The zero-order chi connectivity index (χ0) is 21.1. The van der Waals surface area contributed by atoms with Crippen LogP contribution in [0.5, 0.6) is 0 Å². The van der Waals surface area contributed by atoms with Crippen molar-refractivity contribution >= 4 is 21.7 Å². The second kappa shape index (κ2) is 8.30. The first-order chi connectivity index (χ1) is 14.5. The monoisotopic (exact) mass is 422 g/mol. The summed E-state index contributed by atoms with van der Waals surface area (Å²) in [7, 11) is -2.38. The predicted molar refractivity (Wildman–Crippen MR) is 115 cm³/mol. The average molecular weight is 423 g/mol. The highest BCUT2D eigenvalue weighted by Gasteiger charge is 2.38. The van der Waals surface area contributed by atoms with Crippen LogP contribution in [0.1, 0.15) is 27.7 Å². The van der Waals surface area contributed by atoms with Gasteiger partial charge in [-0.1, -0.05) is 54.6 Å². The molecule has 1 heterocycles. The fraction of sp³-hybridized carbons (Fsp3) is 0.174. The van der Waals surface area contributed by atoms with E-state index in [2.05, 4.69) is 5.32 Å². The lowest BCUT2D eigenvalue weighted by molar-refractivity contribution is 0.0600. The summed E-state index contributed by atoms with van der Waals surface area (Å²) in [6.45, 7) is 0.317. The molecule has 0 saturated heterocycles. The summed E-state index contributed by atoms with van der Waals surface area (Å²) < 4.78 is 33.1. The number of methoxy groups -OCH3 is 1. The van der Waals surface area contributed by atoms with E-state index < -0.39 is 22.2 Å². The van der Waals surface area contributed by atoms with E-state index in [1.165, 1.54) is 11.4 Å². The number of fused-ring (bicyclic) bond motifs is 1. The van der Waals surface area contributed by atoms with Gasteiger partial charge in [-0.25, -0.2) is 13.2 Å². The minimum atomic E-state index is -3.70. The number of rotatable bonds is 5. The number of esters is 1. The number of ether oxygens (including phenoxy) is 1. The van der Waals surface area contributed by atoms with Gasteiger partial charge in [0.2, 0.25) is 10.0 Å². The molecule has 7 heteroatoms. The van der Waals surface area contributed by atoms with Gasteiger partial charge in [-0.15, -0.1) is 0 Å². The first kappa shape index (κ1) is 20.1. The molecule has 1 N–H and O–H groups in total. The maximum Gasteiger partial charge on any atom is 0.337 e. The summed E-state index contributed by atoms with van der Waals surface area (Å²) >= 11 is 0. The molecule has 3 aromatic rings. The molecule has 4 rings (SSSR count). The molecule has 30 heavy (non-hydrogen) atoms. The molecular formula is C23H22N2O4S. The summed E-state index contributed by atoms with van der Waals surface area (Å²) in [5.74, 6) is -0.433. The molecule has 0 bridgehead atoms. The van der Waals surface area contributed by atoms with Gasteiger partial charge in [0.15, 0.2) is 0 Å². The Kier molecular flexibility index (Phi) is 5.57. The molecule has 0 aromatic heterocycles. The van der Waals surface area contributed by atoms with E-state index in [4.69, 9.17) is 4.74 Å². The predicted octanol–water partition coefficient (Wildman–Crippen LogP) is 3.83. The van der Waals surface area contributed by atoms with Gasteiger partial charge in [0.25, 0.3) is 0 Å². The van der Waals surface area contributed by atoms with Crippen molar-refractivity contribution < 1.29 is 17.9 Å². The van der Waals surface area contributed by atoms with Crippen molar-refractivity contribution in [1.82, 2.24) is 4.31 Å². The number of hydrogen-bond acceptors (Lipinski definition) is 5. The normalized spacial score (nSPS) is 17.6. The van der Waals surface area contributed by atoms with E-state index in [0.717, 1.165) is 11.1 Å². The van der Waals surface area contributed by atoms with Gasteiger partial charge in [-0.05, 0) is 41.8 Å².